The predicted octanol–water partition coefficient (Wildman–Crippen LogP) is 2.39. The van der Waals surface area contributed by atoms with Crippen LogP contribution in [0.1, 0.15) is 22.5 Å². The number of hydrogen-bond donors (Lipinski definition) is 2. The summed E-state index contributed by atoms with van der Waals surface area (Å²) in [7, 11) is 1.71. The molecule has 1 amide bonds. The molecule has 0 spiro atoms. The van der Waals surface area contributed by atoms with Crippen LogP contribution in [0.5, 0.6) is 0 Å². The Morgan fingerprint density at radius 1 is 1.42 bits per heavy atom. The molecule has 0 unspecified atom stereocenters. The molecule has 3 N–H and O–H groups in total. The minimum absolute atomic E-state index is 0.000625. The molecular weight excluding hydrogens is 260 g/mol. The van der Waals surface area contributed by atoms with E-state index in [-0.39, 0.29) is 11.9 Å². The van der Waals surface area contributed by atoms with Crippen molar-refractivity contribution in [3.05, 3.63) is 29.1 Å². The first-order chi connectivity index (χ1) is 9.15. The van der Waals surface area contributed by atoms with Gasteiger partial charge in [-0.15, -0.1) is 11.3 Å². The number of nitrogen functional groups attached to an aromatic ring is 1. The lowest BCUT2D eigenvalue weighted by Gasteiger charge is -2.34. The summed E-state index contributed by atoms with van der Waals surface area (Å²) in [4.78, 5) is 12.9. The Balaban J connectivity index is 1.71. The molecule has 0 aliphatic heterocycles. The van der Waals surface area contributed by atoms with E-state index >= 15 is 0 Å². The molecule has 1 aliphatic carbocycles. The first-order valence-corrected chi connectivity index (χ1v) is 7.10. The first-order valence-electron chi connectivity index (χ1n) is 6.28. The minimum atomic E-state index is -0.000625. The van der Waals surface area contributed by atoms with Crippen LogP contribution in [-0.2, 0) is 4.74 Å². The van der Waals surface area contributed by atoms with Crippen LogP contribution in [0.3, 0.4) is 0 Å². The van der Waals surface area contributed by atoms with Crippen molar-refractivity contribution in [3.63, 3.8) is 0 Å². The Labute approximate surface area is 115 Å². The minimum Gasteiger partial charge on any atom is -0.399 e. The summed E-state index contributed by atoms with van der Waals surface area (Å²) in [5, 5.41) is 4.06. The second-order valence-corrected chi connectivity index (χ2v) is 5.99. The van der Waals surface area contributed by atoms with E-state index < -0.39 is 0 Å². The summed E-state index contributed by atoms with van der Waals surface area (Å²) in [5.41, 5.74) is 6.46. The number of amides is 1. The van der Waals surface area contributed by atoms with Gasteiger partial charge >= 0.3 is 0 Å². The van der Waals surface area contributed by atoms with Crippen molar-refractivity contribution in [2.24, 2.45) is 0 Å². The lowest BCUT2D eigenvalue weighted by atomic mass is 9.89. The van der Waals surface area contributed by atoms with E-state index in [0.717, 1.165) is 33.5 Å². The zero-order valence-electron chi connectivity index (χ0n) is 10.7. The largest absolute Gasteiger partial charge is 0.399 e. The van der Waals surface area contributed by atoms with E-state index in [9.17, 15) is 4.79 Å². The maximum atomic E-state index is 12.1. The highest BCUT2D eigenvalue weighted by Gasteiger charge is 2.30. The van der Waals surface area contributed by atoms with Gasteiger partial charge in [0.2, 0.25) is 0 Å². The maximum Gasteiger partial charge on any atom is 0.261 e. The van der Waals surface area contributed by atoms with Gasteiger partial charge in [-0.3, -0.25) is 4.79 Å². The Bertz CT molecular complexity index is 617. The van der Waals surface area contributed by atoms with Crippen LogP contribution < -0.4 is 11.1 Å². The van der Waals surface area contributed by atoms with Gasteiger partial charge in [-0.05, 0) is 42.5 Å². The summed E-state index contributed by atoms with van der Waals surface area (Å²) < 4.78 is 6.29. The molecule has 1 aliphatic rings. The zero-order chi connectivity index (χ0) is 13.4. The molecule has 0 atom stereocenters. The van der Waals surface area contributed by atoms with Crippen molar-refractivity contribution in [2.45, 2.75) is 25.0 Å². The van der Waals surface area contributed by atoms with Gasteiger partial charge in [-0.2, -0.15) is 0 Å². The van der Waals surface area contributed by atoms with Crippen molar-refractivity contribution in [3.8, 4) is 0 Å². The number of benzene rings is 1. The summed E-state index contributed by atoms with van der Waals surface area (Å²) in [5.74, 6) is -0.000625. The monoisotopic (exact) mass is 276 g/mol. The Morgan fingerprint density at radius 3 is 2.95 bits per heavy atom. The molecule has 0 bridgehead atoms. The van der Waals surface area contributed by atoms with Crippen LogP contribution in [0, 0.1) is 0 Å². The number of rotatable bonds is 3. The number of ether oxygens (including phenoxy) is 1. The molecular formula is C14H16N2O2S. The van der Waals surface area contributed by atoms with E-state index in [1.807, 2.05) is 24.3 Å². The Morgan fingerprint density at radius 2 is 2.21 bits per heavy atom. The van der Waals surface area contributed by atoms with Gasteiger partial charge < -0.3 is 15.8 Å². The summed E-state index contributed by atoms with van der Waals surface area (Å²) in [6.07, 6.45) is 2.10. The molecule has 1 fully saturated rings. The van der Waals surface area contributed by atoms with E-state index in [4.69, 9.17) is 10.5 Å². The predicted molar refractivity (Wildman–Crippen MR) is 77.5 cm³/mol. The Kier molecular flexibility index (Phi) is 3.16. The number of nitrogens with two attached hydrogens (primary N) is 1. The second kappa shape index (κ2) is 4.83. The quantitative estimate of drug-likeness (QED) is 0.846. The van der Waals surface area contributed by atoms with E-state index in [1.165, 1.54) is 11.3 Å². The fourth-order valence-electron chi connectivity index (χ4n) is 2.31. The highest BCUT2D eigenvalue weighted by Crippen LogP contribution is 2.28. The molecule has 1 aromatic heterocycles. The van der Waals surface area contributed by atoms with Gasteiger partial charge in [0.25, 0.3) is 5.91 Å². The number of hydrogen-bond acceptors (Lipinski definition) is 4. The first kappa shape index (κ1) is 12.4. The Hall–Kier alpha value is -1.59. The highest BCUT2D eigenvalue weighted by molar-refractivity contribution is 7.20. The normalized spacial score (nSPS) is 22.2. The van der Waals surface area contributed by atoms with Crippen molar-refractivity contribution in [1.82, 2.24) is 5.32 Å². The molecule has 5 heteroatoms. The number of methoxy groups -OCH3 is 1. The van der Waals surface area contributed by atoms with Gasteiger partial charge in [-0.25, -0.2) is 0 Å². The molecule has 4 nitrogen and oxygen atoms in total. The summed E-state index contributed by atoms with van der Waals surface area (Å²) >= 11 is 1.50. The average molecular weight is 276 g/mol. The molecule has 19 heavy (non-hydrogen) atoms. The lowest BCUT2D eigenvalue weighted by molar-refractivity contribution is 0.0177. The SMILES string of the molecule is COC1CC(NC(=O)c2cc3cc(N)ccc3s2)C1. The van der Waals surface area contributed by atoms with Crippen molar-refractivity contribution in [2.75, 3.05) is 12.8 Å². The van der Waals surface area contributed by atoms with Crippen molar-refractivity contribution in [1.29, 1.82) is 0 Å². The van der Waals surface area contributed by atoms with Crippen LogP contribution in [0.15, 0.2) is 24.3 Å². The van der Waals surface area contributed by atoms with Gasteiger partial charge in [0.1, 0.15) is 0 Å². The molecule has 2 aromatic rings. The topological polar surface area (TPSA) is 64.3 Å². The fourth-order valence-corrected chi connectivity index (χ4v) is 3.25. The molecule has 3 rings (SSSR count). The summed E-state index contributed by atoms with van der Waals surface area (Å²) in [6.45, 7) is 0. The third-order valence-electron chi connectivity index (χ3n) is 3.53. The molecule has 1 saturated carbocycles. The van der Waals surface area contributed by atoms with Gasteiger partial charge in [0.15, 0.2) is 0 Å². The van der Waals surface area contributed by atoms with Crippen molar-refractivity contribution >= 4 is 33.0 Å². The molecule has 100 valence electrons. The van der Waals surface area contributed by atoms with Crippen LogP contribution >= 0.6 is 11.3 Å². The third kappa shape index (κ3) is 2.43. The number of fused-ring (bicyclic) bond motifs is 1. The second-order valence-electron chi connectivity index (χ2n) is 4.91. The van der Waals surface area contributed by atoms with Crippen LogP contribution in [0.2, 0.25) is 0 Å². The zero-order valence-corrected chi connectivity index (χ0v) is 11.5. The standard InChI is InChI=1S/C14H16N2O2S/c1-18-11-6-10(7-11)16-14(17)13-5-8-4-9(15)2-3-12(8)19-13/h2-5,10-11H,6-7,15H2,1H3,(H,16,17). The summed E-state index contributed by atoms with van der Waals surface area (Å²) in [6, 6.07) is 7.85. The lowest BCUT2D eigenvalue weighted by Crippen LogP contribution is -2.47. The van der Waals surface area contributed by atoms with Crippen LogP contribution in [-0.4, -0.2) is 25.2 Å². The number of carbonyl (C=O) groups excluding carboxylic acids is 1. The van der Waals surface area contributed by atoms with E-state index in [0.29, 0.717) is 6.10 Å². The number of anilines is 1. The molecule has 0 saturated heterocycles. The van der Waals surface area contributed by atoms with Gasteiger partial charge in [0.05, 0.1) is 11.0 Å². The van der Waals surface area contributed by atoms with Crippen LogP contribution in [0.25, 0.3) is 10.1 Å². The smallest absolute Gasteiger partial charge is 0.261 e. The number of carbonyl (C=O) groups is 1. The van der Waals surface area contributed by atoms with E-state index in [1.54, 1.807) is 7.11 Å². The number of nitrogens with one attached hydrogen (secondary N) is 1. The third-order valence-corrected chi connectivity index (χ3v) is 4.64. The maximum absolute atomic E-state index is 12.1. The van der Waals surface area contributed by atoms with Gasteiger partial charge in [-0.1, -0.05) is 0 Å². The van der Waals surface area contributed by atoms with Crippen molar-refractivity contribution < 1.29 is 9.53 Å². The number of thiophene rings is 1. The molecule has 1 heterocycles. The van der Waals surface area contributed by atoms with Crippen LogP contribution in [0.4, 0.5) is 5.69 Å². The fraction of sp³-hybridized carbons (Fsp3) is 0.357. The van der Waals surface area contributed by atoms with Gasteiger partial charge in [0, 0.05) is 23.5 Å². The molecule has 0 radical (unpaired) electrons. The highest BCUT2D eigenvalue weighted by atomic mass is 32.1. The molecule has 1 aromatic carbocycles. The van der Waals surface area contributed by atoms with E-state index in [2.05, 4.69) is 5.32 Å². The average Bonchev–Trinajstić information content (AvgIpc) is 2.75.